The first-order valence-electron chi connectivity index (χ1n) is 12.1. The molecule has 0 bridgehead atoms. The summed E-state index contributed by atoms with van der Waals surface area (Å²) < 4.78 is 27.2. The molecule has 1 saturated heterocycles. The number of benzene rings is 1. The van der Waals surface area contributed by atoms with Crippen LogP contribution in [-0.4, -0.2) is 77.8 Å². The van der Waals surface area contributed by atoms with Gasteiger partial charge in [-0.1, -0.05) is 23.7 Å². The number of fused-ring (bicyclic) bond motifs is 1. The summed E-state index contributed by atoms with van der Waals surface area (Å²) in [4.78, 5) is 42.5. The zero-order chi connectivity index (χ0) is 25.7. The molecular weight excluding hydrogens is 504 g/mol. The largest absolute Gasteiger partial charge is 0.348 e. The van der Waals surface area contributed by atoms with Crippen molar-refractivity contribution >= 4 is 33.3 Å². The molecule has 1 N–H and O–H groups in total. The molecule has 0 spiro atoms. The first-order valence-corrected chi connectivity index (χ1v) is 14.0. The zero-order valence-corrected chi connectivity index (χ0v) is 21.6. The van der Waals surface area contributed by atoms with Crippen LogP contribution in [0.3, 0.4) is 0 Å². The molecule has 5 rings (SSSR count). The summed E-state index contributed by atoms with van der Waals surface area (Å²) in [5.41, 5.74) is 0.441. The minimum absolute atomic E-state index is 0.0412. The molecule has 36 heavy (non-hydrogen) atoms. The smallest absolute Gasteiger partial charge is 0.270 e. The van der Waals surface area contributed by atoms with E-state index in [0.717, 1.165) is 12.1 Å². The van der Waals surface area contributed by atoms with Gasteiger partial charge in [0.2, 0.25) is 0 Å². The average Bonchev–Trinajstić information content (AvgIpc) is 3.52. The summed E-state index contributed by atoms with van der Waals surface area (Å²) in [6, 6.07) is 9.85. The normalized spacial score (nSPS) is 21.3. The number of hydrogen-bond acceptors (Lipinski definition) is 6. The number of likely N-dealkylation sites (tertiary alicyclic amines) is 1. The Hall–Kier alpha value is -2.69. The van der Waals surface area contributed by atoms with Gasteiger partial charge in [-0.25, -0.2) is 8.42 Å². The number of carbonyl (C=O) groups is 2. The van der Waals surface area contributed by atoms with E-state index in [-0.39, 0.29) is 43.3 Å². The quantitative estimate of drug-likeness (QED) is 0.579. The second-order valence-corrected chi connectivity index (χ2v) is 13.1. The monoisotopic (exact) mass is 532 g/mol. The number of nitrogens with zero attached hydrogens (tertiary/aromatic N) is 3. The Balaban J connectivity index is 1.29. The van der Waals surface area contributed by atoms with E-state index in [2.05, 4.69) is 5.32 Å². The fourth-order valence-electron chi connectivity index (χ4n) is 5.20. The van der Waals surface area contributed by atoms with E-state index in [1.165, 1.54) is 16.7 Å². The number of halogens is 1. The summed E-state index contributed by atoms with van der Waals surface area (Å²) in [7, 11) is -1.46. The Labute approximate surface area is 214 Å². The maximum absolute atomic E-state index is 13.4. The summed E-state index contributed by atoms with van der Waals surface area (Å²) in [5, 5.41) is 2.92. The minimum Gasteiger partial charge on any atom is -0.348 e. The SMILES string of the molecule is CN1CCC(S(=O)(=O)C2(CN3CCn4c(ccc(C(=O)NCc5ccc(Cl)cc5)c4=O)C3=O)CC2)C1. The molecule has 0 radical (unpaired) electrons. The lowest BCUT2D eigenvalue weighted by Gasteiger charge is -2.33. The first kappa shape index (κ1) is 25.0. The molecule has 192 valence electrons. The van der Waals surface area contributed by atoms with Gasteiger partial charge < -0.3 is 19.7 Å². The molecule has 11 heteroatoms. The number of hydrogen-bond donors (Lipinski definition) is 1. The van der Waals surface area contributed by atoms with Gasteiger partial charge in [-0.2, -0.15) is 0 Å². The lowest BCUT2D eigenvalue weighted by molar-refractivity contribution is 0.0694. The van der Waals surface area contributed by atoms with Crippen molar-refractivity contribution < 1.29 is 18.0 Å². The Morgan fingerprint density at radius 2 is 1.81 bits per heavy atom. The third-order valence-corrected chi connectivity index (χ3v) is 10.8. The molecule has 1 aromatic heterocycles. The first-order chi connectivity index (χ1) is 17.1. The van der Waals surface area contributed by atoms with Crippen LogP contribution in [0.1, 0.15) is 45.7 Å². The van der Waals surface area contributed by atoms with Gasteiger partial charge in [0.05, 0.1) is 10.00 Å². The van der Waals surface area contributed by atoms with Crippen LogP contribution >= 0.6 is 11.6 Å². The molecule has 2 aliphatic heterocycles. The van der Waals surface area contributed by atoms with E-state index in [1.54, 1.807) is 29.2 Å². The molecule has 2 amide bonds. The summed E-state index contributed by atoms with van der Waals surface area (Å²) in [6.07, 6.45) is 1.73. The van der Waals surface area contributed by atoms with Crippen molar-refractivity contribution in [2.24, 2.45) is 0 Å². The number of carbonyl (C=O) groups excluding carboxylic acids is 2. The number of sulfone groups is 1. The van der Waals surface area contributed by atoms with Crippen LogP contribution in [0.5, 0.6) is 0 Å². The van der Waals surface area contributed by atoms with Crippen LogP contribution in [0, 0.1) is 0 Å². The highest BCUT2D eigenvalue weighted by Gasteiger charge is 2.58. The van der Waals surface area contributed by atoms with Crippen molar-refractivity contribution in [3.05, 3.63) is 68.6 Å². The topological polar surface area (TPSA) is 109 Å². The predicted molar refractivity (Wildman–Crippen MR) is 136 cm³/mol. The fraction of sp³-hybridized carbons (Fsp3) is 0.480. The second kappa shape index (κ2) is 9.32. The summed E-state index contributed by atoms with van der Waals surface area (Å²) in [6.45, 7) is 2.10. The summed E-state index contributed by atoms with van der Waals surface area (Å²) in [5.74, 6) is -0.902. The van der Waals surface area contributed by atoms with E-state index >= 15 is 0 Å². The molecule has 9 nitrogen and oxygen atoms in total. The molecule has 1 atom stereocenters. The molecule has 1 saturated carbocycles. The van der Waals surface area contributed by atoms with Crippen LogP contribution in [0.4, 0.5) is 0 Å². The maximum Gasteiger partial charge on any atom is 0.270 e. The van der Waals surface area contributed by atoms with Crippen LogP contribution in [0.2, 0.25) is 5.02 Å². The summed E-state index contributed by atoms with van der Waals surface area (Å²) >= 11 is 5.88. The zero-order valence-electron chi connectivity index (χ0n) is 20.1. The van der Waals surface area contributed by atoms with E-state index in [9.17, 15) is 22.8 Å². The third kappa shape index (κ3) is 4.46. The van der Waals surface area contributed by atoms with Crippen LogP contribution in [0.25, 0.3) is 0 Å². The fourth-order valence-corrected chi connectivity index (χ4v) is 7.90. The highest BCUT2D eigenvalue weighted by molar-refractivity contribution is 7.93. The lowest BCUT2D eigenvalue weighted by Crippen LogP contribution is -2.51. The Bertz CT molecular complexity index is 1370. The molecule has 2 aromatic rings. The Morgan fingerprint density at radius 1 is 1.08 bits per heavy atom. The third-order valence-electron chi connectivity index (χ3n) is 7.56. The van der Waals surface area contributed by atoms with E-state index in [4.69, 9.17) is 11.6 Å². The molecule has 3 heterocycles. The van der Waals surface area contributed by atoms with Gasteiger partial charge in [0.1, 0.15) is 11.3 Å². The number of nitrogens with one attached hydrogen (secondary N) is 1. The molecule has 3 aliphatic rings. The minimum atomic E-state index is -3.38. The van der Waals surface area contributed by atoms with E-state index < -0.39 is 31.3 Å². The van der Waals surface area contributed by atoms with Crippen molar-refractivity contribution in [3.8, 4) is 0 Å². The lowest BCUT2D eigenvalue weighted by atomic mass is 10.1. The van der Waals surface area contributed by atoms with Gasteiger partial charge in [0, 0.05) is 37.7 Å². The highest BCUT2D eigenvalue weighted by Crippen LogP contribution is 2.47. The van der Waals surface area contributed by atoms with Crippen LogP contribution in [-0.2, 0) is 22.9 Å². The molecule has 1 aliphatic carbocycles. The standard InChI is InChI=1S/C25H29ClN4O5S/c1-28-11-8-19(15-28)36(34,35)25(9-10-25)16-29-12-13-30-21(24(29)33)7-6-20(23(30)32)22(31)27-14-17-2-4-18(26)5-3-17/h2-7,19H,8-16H2,1H3,(H,27,31). The van der Waals surface area contributed by atoms with Crippen molar-refractivity contribution in [2.75, 3.05) is 33.2 Å². The molecule has 1 aromatic carbocycles. The van der Waals surface area contributed by atoms with Crippen molar-refractivity contribution in [1.82, 2.24) is 19.7 Å². The number of aromatic nitrogens is 1. The van der Waals surface area contributed by atoms with Crippen LogP contribution in [0.15, 0.2) is 41.2 Å². The number of pyridine rings is 1. The molecule has 2 fully saturated rings. The number of amides is 2. The van der Waals surface area contributed by atoms with Gasteiger partial charge in [-0.15, -0.1) is 0 Å². The van der Waals surface area contributed by atoms with Crippen molar-refractivity contribution in [3.63, 3.8) is 0 Å². The van der Waals surface area contributed by atoms with Gasteiger partial charge in [0.15, 0.2) is 9.84 Å². The highest BCUT2D eigenvalue weighted by atomic mass is 35.5. The molecule has 1 unspecified atom stereocenters. The predicted octanol–water partition coefficient (Wildman–Crippen LogP) is 1.54. The van der Waals surface area contributed by atoms with Crippen molar-refractivity contribution in [1.29, 1.82) is 0 Å². The average molecular weight is 533 g/mol. The Morgan fingerprint density at radius 3 is 2.44 bits per heavy atom. The molecular formula is C25H29ClN4O5S. The van der Waals surface area contributed by atoms with Gasteiger partial charge >= 0.3 is 0 Å². The Kier molecular flexibility index (Phi) is 6.46. The van der Waals surface area contributed by atoms with Gasteiger partial charge in [0.25, 0.3) is 17.4 Å². The second-order valence-electron chi connectivity index (χ2n) is 10.0. The van der Waals surface area contributed by atoms with Crippen LogP contribution < -0.4 is 10.9 Å². The van der Waals surface area contributed by atoms with Gasteiger partial charge in [-0.3, -0.25) is 14.4 Å². The van der Waals surface area contributed by atoms with E-state index in [1.807, 2.05) is 11.9 Å². The number of rotatable bonds is 7. The van der Waals surface area contributed by atoms with Gasteiger partial charge in [-0.05, 0) is 62.7 Å². The maximum atomic E-state index is 13.4. The van der Waals surface area contributed by atoms with Crippen molar-refractivity contribution in [2.45, 2.75) is 42.3 Å². The van der Waals surface area contributed by atoms with E-state index in [0.29, 0.717) is 30.8 Å².